The van der Waals surface area contributed by atoms with Crippen molar-refractivity contribution >= 4 is 28.8 Å². The molecule has 0 atom stereocenters. The minimum Gasteiger partial charge on any atom is -0.356 e. The molecule has 5 heteroatoms. The van der Waals surface area contributed by atoms with E-state index in [1.54, 1.807) is 6.20 Å². The van der Waals surface area contributed by atoms with E-state index >= 15 is 0 Å². The Balaban J connectivity index is 0.000000357. The number of anilines is 1. The third-order valence-electron chi connectivity index (χ3n) is 6.70. The van der Waals surface area contributed by atoms with Crippen LogP contribution in [0.1, 0.15) is 96.3 Å². The zero-order chi connectivity index (χ0) is 27.6. The Bertz CT molecular complexity index is 1030. The molecule has 2 aromatic carbocycles. The van der Waals surface area contributed by atoms with Crippen LogP contribution >= 0.6 is 0 Å². The highest BCUT2D eigenvalue weighted by molar-refractivity contribution is 5.94. The zero-order valence-electron chi connectivity index (χ0n) is 24.1. The maximum Gasteiger partial charge on any atom is 0.227 e. The third-order valence-corrected chi connectivity index (χ3v) is 6.70. The number of nitrogens with zero attached hydrogens (tertiary/aromatic N) is 1. The van der Waals surface area contributed by atoms with Crippen molar-refractivity contribution in [3.63, 3.8) is 0 Å². The summed E-state index contributed by atoms with van der Waals surface area (Å²) in [5.74, 6) is 1.14. The van der Waals surface area contributed by atoms with Crippen LogP contribution in [0.3, 0.4) is 0 Å². The van der Waals surface area contributed by atoms with Crippen molar-refractivity contribution in [2.24, 2.45) is 11.8 Å². The van der Waals surface area contributed by atoms with Crippen LogP contribution in [0.5, 0.6) is 0 Å². The van der Waals surface area contributed by atoms with E-state index in [1.807, 2.05) is 39.0 Å². The number of hydrogen-bond acceptors (Lipinski definition) is 4. The quantitative estimate of drug-likeness (QED) is 0.337. The molecule has 0 saturated heterocycles. The van der Waals surface area contributed by atoms with E-state index < -0.39 is 0 Å². The standard InChI is InChI=1S/C17H22N2O2.C10H14.C3H6O.C2H6/c1-2-3-12-4-6-13(7-5-12)17(20)19-15-8-9-16-14(10-15)11-18-21-16;1-4-10-8(2)6-5-7-9(10)3;1-2-3-4;1-2/h8-13H,2-7H2,1H3,(H,19,20);5-7H,4H2,1-3H3;3H,2H2,1H3;1-2H3. The predicted molar refractivity (Wildman–Crippen MR) is 156 cm³/mol. The maximum absolute atomic E-state index is 12.4. The van der Waals surface area contributed by atoms with Gasteiger partial charge >= 0.3 is 0 Å². The summed E-state index contributed by atoms with van der Waals surface area (Å²) in [6.45, 7) is 14.6. The largest absolute Gasteiger partial charge is 0.356 e. The van der Waals surface area contributed by atoms with Crippen molar-refractivity contribution in [3.8, 4) is 0 Å². The minimum atomic E-state index is 0.153. The fourth-order valence-electron chi connectivity index (χ4n) is 4.72. The highest BCUT2D eigenvalue weighted by Gasteiger charge is 2.25. The Kier molecular flexibility index (Phi) is 15.9. The minimum absolute atomic E-state index is 0.153. The number of hydrogen-bond donors (Lipinski definition) is 1. The number of carbonyl (C=O) groups excluding carboxylic acids is 2. The number of nitrogens with one attached hydrogen (secondary N) is 1. The molecule has 1 aliphatic rings. The Morgan fingerprint density at radius 1 is 1.03 bits per heavy atom. The van der Waals surface area contributed by atoms with Crippen LogP contribution in [0.2, 0.25) is 0 Å². The first-order chi connectivity index (χ1) is 17.9. The van der Waals surface area contributed by atoms with Crippen LogP contribution in [0.15, 0.2) is 47.1 Å². The van der Waals surface area contributed by atoms with E-state index in [0.717, 1.165) is 48.1 Å². The molecule has 4 rings (SSSR count). The van der Waals surface area contributed by atoms with Crippen molar-refractivity contribution in [1.29, 1.82) is 0 Å². The Morgan fingerprint density at radius 3 is 2.16 bits per heavy atom. The molecule has 0 bridgehead atoms. The summed E-state index contributed by atoms with van der Waals surface area (Å²) in [6.07, 6.45) is 11.3. The number of benzene rings is 2. The zero-order valence-corrected chi connectivity index (χ0v) is 24.1. The SMILES string of the molecule is CC.CCC=O.CCCC1CCC(C(=O)Nc2ccc3oncc3c2)CC1.CCc1c(C)cccc1C. The fourth-order valence-corrected chi connectivity index (χ4v) is 4.72. The van der Waals surface area contributed by atoms with Gasteiger partial charge in [0.1, 0.15) is 6.29 Å². The molecule has 37 heavy (non-hydrogen) atoms. The lowest BCUT2D eigenvalue weighted by atomic mass is 9.80. The Morgan fingerprint density at radius 2 is 1.65 bits per heavy atom. The lowest BCUT2D eigenvalue weighted by molar-refractivity contribution is -0.121. The van der Waals surface area contributed by atoms with Crippen LogP contribution in [-0.4, -0.2) is 17.4 Å². The van der Waals surface area contributed by atoms with Crippen LogP contribution in [0, 0.1) is 25.7 Å². The van der Waals surface area contributed by atoms with E-state index in [4.69, 9.17) is 4.52 Å². The van der Waals surface area contributed by atoms with E-state index in [9.17, 15) is 9.59 Å². The Hall–Kier alpha value is -2.95. The van der Waals surface area contributed by atoms with Crippen molar-refractivity contribution in [3.05, 3.63) is 59.3 Å². The molecule has 1 heterocycles. The monoisotopic (exact) mass is 508 g/mol. The van der Waals surface area contributed by atoms with E-state index in [-0.39, 0.29) is 11.8 Å². The van der Waals surface area contributed by atoms with Crippen molar-refractivity contribution in [2.45, 2.75) is 99.8 Å². The number of rotatable bonds is 6. The molecular weight excluding hydrogens is 460 g/mol. The molecule has 3 aromatic rings. The van der Waals surface area contributed by atoms with Crippen molar-refractivity contribution < 1.29 is 14.1 Å². The third kappa shape index (κ3) is 10.9. The van der Waals surface area contributed by atoms with Gasteiger partial charge in [-0.25, -0.2) is 0 Å². The van der Waals surface area contributed by atoms with Crippen LogP contribution in [-0.2, 0) is 16.0 Å². The van der Waals surface area contributed by atoms with E-state index in [0.29, 0.717) is 6.42 Å². The smallest absolute Gasteiger partial charge is 0.227 e. The average molecular weight is 509 g/mol. The van der Waals surface area contributed by atoms with Gasteiger partial charge in [-0.15, -0.1) is 0 Å². The summed E-state index contributed by atoms with van der Waals surface area (Å²) >= 11 is 0. The second-order valence-electron chi connectivity index (χ2n) is 9.37. The fraction of sp³-hybridized carbons (Fsp3) is 0.531. The molecule has 1 aliphatic carbocycles. The number of amides is 1. The number of aryl methyl sites for hydroxylation is 2. The van der Waals surface area contributed by atoms with Gasteiger partial charge in [0.2, 0.25) is 5.91 Å². The summed E-state index contributed by atoms with van der Waals surface area (Å²) in [5.41, 5.74) is 5.91. The van der Waals surface area contributed by atoms with Crippen LogP contribution in [0.25, 0.3) is 11.0 Å². The first-order valence-electron chi connectivity index (χ1n) is 14.1. The van der Waals surface area contributed by atoms with Gasteiger partial charge in [0.05, 0.1) is 6.20 Å². The molecule has 1 amide bonds. The van der Waals surface area contributed by atoms with Gasteiger partial charge in [-0.1, -0.05) is 70.8 Å². The number of aromatic nitrogens is 1. The second kappa shape index (κ2) is 18.3. The van der Waals surface area contributed by atoms with Crippen LogP contribution in [0.4, 0.5) is 5.69 Å². The molecule has 5 nitrogen and oxygen atoms in total. The lowest BCUT2D eigenvalue weighted by Crippen LogP contribution is -2.27. The summed E-state index contributed by atoms with van der Waals surface area (Å²) < 4.78 is 5.07. The molecule has 0 unspecified atom stereocenters. The van der Waals surface area contributed by atoms with Gasteiger partial charge in [-0.3, -0.25) is 4.79 Å². The molecule has 1 N–H and O–H groups in total. The second-order valence-corrected chi connectivity index (χ2v) is 9.37. The molecule has 0 radical (unpaired) electrons. The van der Waals surface area contributed by atoms with Crippen molar-refractivity contribution in [2.75, 3.05) is 5.32 Å². The van der Waals surface area contributed by atoms with E-state index in [2.05, 4.69) is 56.4 Å². The molecule has 1 fully saturated rings. The highest BCUT2D eigenvalue weighted by Crippen LogP contribution is 2.32. The first kappa shape index (κ1) is 32.1. The van der Waals surface area contributed by atoms with Gasteiger partial charge in [0.25, 0.3) is 0 Å². The summed E-state index contributed by atoms with van der Waals surface area (Å²) in [6, 6.07) is 12.1. The number of aldehydes is 1. The van der Waals surface area contributed by atoms with Gasteiger partial charge in [0.15, 0.2) is 5.58 Å². The molecule has 0 aliphatic heterocycles. The van der Waals surface area contributed by atoms with Gasteiger partial charge in [0, 0.05) is 23.4 Å². The number of fused-ring (bicyclic) bond motifs is 1. The highest BCUT2D eigenvalue weighted by atomic mass is 16.5. The van der Waals surface area contributed by atoms with E-state index in [1.165, 1.54) is 42.4 Å². The summed E-state index contributed by atoms with van der Waals surface area (Å²) in [7, 11) is 0. The summed E-state index contributed by atoms with van der Waals surface area (Å²) in [5, 5.41) is 7.70. The van der Waals surface area contributed by atoms with Gasteiger partial charge in [-0.05, 0) is 86.8 Å². The van der Waals surface area contributed by atoms with Gasteiger partial charge in [-0.2, -0.15) is 0 Å². The average Bonchev–Trinajstić information content (AvgIpc) is 3.39. The molecule has 1 saturated carbocycles. The molecular formula is C32H48N2O3. The number of carbonyl (C=O) groups is 2. The first-order valence-corrected chi connectivity index (χ1v) is 14.1. The van der Waals surface area contributed by atoms with Crippen molar-refractivity contribution in [1.82, 2.24) is 5.16 Å². The van der Waals surface area contributed by atoms with Crippen LogP contribution < -0.4 is 5.32 Å². The predicted octanol–water partition coefficient (Wildman–Crippen LogP) is 8.86. The lowest BCUT2D eigenvalue weighted by Gasteiger charge is -2.27. The maximum atomic E-state index is 12.4. The topological polar surface area (TPSA) is 72.2 Å². The van der Waals surface area contributed by atoms with Gasteiger partial charge < -0.3 is 14.6 Å². The molecule has 1 aromatic heterocycles. The summed E-state index contributed by atoms with van der Waals surface area (Å²) in [4.78, 5) is 21.5. The molecule has 0 spiro atoms. The Labute approximate surface area is 224 Å². The normalized spacial score (nSPS) is 16.2. The molecule has 204 valence electrons.